The fraction of sp³-hybridized carbons (Fsp3) is 0.462. The van der Waals surface area contributed by atoms with E-state index in [4.69, 9.17) is 22.7 Å². The molecule has 1 fully saturated rings. The highest BCUT2D eigenvalue weighted by Gasteiger charge is 2.27. The van der Waals surface area contributed by atoms with Crippen molar-refractivity contribution in [1.29, 1.82) is 0 Å². The molecule has 1 aliphatic heterocycles. The van der Waals surface area contributed by atoms with Crippen LogP contribution in [0.1, 0.15) is 12.5 Å². The lowest BCUT2D eigenvalue weighted by Crippen LogP contribution is -2.50. The third-order valence-corrected chi connectivity index (χ3v) is 3.46. The van der Waals surface area contributed by atoms with E-state index in [-0.39, 0.29) is 29.6 Å². The van der Waals surface area contributed by atoms with Crippen LogP contribution in [0.4, 0.5) is 10.1 Å². The van der Waals surface area contributed by atoms with E-state index in [1.807, 2.05) is 11.8 Å². The molecule has 0 saturated carbocycles. The van der Waals surface area contributed by atoms with Crippen LogP contribution in [0.3, 0.4) is 0 Å². The van der Waals surface area contributed by atoms with Gasteiger partial charge >= 0.3 is 0 Å². The van der Waals surface area contributed by atoms with Crippen molar-refractivity contribution in [1.82, 2.24) is 0 Å². The number of nitrogens with zero attached hydrogens (tertiary/aromatic N) is 1. The summed E-state index contributed by atoms with van der Waals surface area (Å²) in [6.45, 7) is 2.98. The van der Waals surface area contributed by atoms with Gasteiger partial charge in [-0.3, -0.25) is 0 Å². The summed E-state index contributed by atoms with van der Waals surface area (Å²) in [7, 11) is 0. The first kappa shape index (κ1) is 14.2. The summed E-state index contributed by atoms with van der Waals surface area (Å²) in [4.78, 5) is 2.20. The molecule has 104 valence electrons. The number of morpholine rings is 1. The van der Waals surface area contributed by atoms with Gasteiger partial charge in [-0.05, 0) is 25.1 Å². The predicted octanol–water partition coefficient (Wildman–Crippen LogP) is 1.05. The average molecular weight is 284 g/mol. The van der Waals surface area contributed by atoms with Gasteiger partial charge in [0.2, 0.25) is 0 Å². The number of aliphatic hydroxyl groups excluding tert-OH is 1. The zero-order valence-corrected chi connectivity index (χ0v) is 11.5. The number of benzene rings is 1. The fourth-order valence-corrected chi connectivity index (χ4v) is 2.38. The maximum atomic E-state index is 13.3. The second kappa shape index (κ2) is 5.81. The fourth-order valence-electron chi connectivity index (χ4n) is 2.22. The lowest BCUT2D eigenvalue weighted by atomic mass is 10.1. The molecule has 6 heteroatoms. The van der Waals surface area contributed by atoms with E-state index in [1.165, 1.54) is 12.1 Å². The van der Waals surface area contributed by atoms with Crippen molar-refractivity contribution in [3.05, 3.63) is 29.6 Å². The van der Waals surface area contributed by atoms with Gasteiger partial charge in [0, 0.05) is 23.8 Å². The van der Waals surface area contributed by atoms with Crippen LogP contribution in [0.5, 0.6) is 0 Å². The Morgan fingerprint density at radius 1 is 1.63 bits per heavy atom. The average Bonchev–Trinajstić information content (AvgIpc) is 2.39. The van der Waals surface area contributed by atoms with Gasteiger partial charge in [-0.1, -0.05) is 12.2 Å². The second-order valence-electron chi connectivity index (χ2n) is 4.67. The summed E-state index contributed by atoms with van der Waals surface area (Å²) in [6, 6.07) is 4.50. The summed E-state index contributed by atoms with van der Waals surface area (Å²) >= 11 is 4.98. The third-order valence-electron chi connectivity index (χ3n) is 3.24. The molecule has 4 nitrogen and oxygen atoms in total. The second-order valence-corrected chi connectivity index (χ2v) is 5.10. The minimum Gasteiger partial charge on any atom is -0.394 e. The summed E-state index contributed by atoms with van der Waals surface area (Å²) < 4.78 is 18.8. The molecule has 0 bridgehead atoms. The van der Waals surface area contributed by atoms with Crippen molar-refractivity contribution in [2.75, 3.05) is 24.7 Å². The van der Waals surface area contributed by atoms with Crippen LogP contribution in [0.15, 0.2) is 18.2 Å². The van der Waals surface area contributed by atoms with E-state index in [2.05, 4.69) is 0 Å². The lowest BCUT2D eigenvalue weighted by Gasteiger charge is -2.39. The number of thiocarbonyl (C=S) groups is 1. The van der Waals surface area contributed by atoms with Gasteiger partial charge in [0.1, 0.15) is 10.8 Å². The van der Waals surface area contributed by atoms with E-state index in [0.29, 0.717) is 18.7 Å². The van der Waals surface area contributed by atoms with E-state index in [1.54, 1.807) is 6.07 Å². The van der Waals surface area contributed by atoms with Crippen LogP contribution in [0.25, 0.3) is 0 Å². The molecular weight excluding hydrogens is 267 g/mol. The van der Waals surface area contributed by atoms with Crippen LogP contribution in [-0.2, 0) is 4.74 Å². The maximum Gasteiger partial charge on any atom is 0.124 e. The van der Waals surface area contributed by atoms with Gasteiger partial charge in [-0.15, -0.1) is 0 Å². The maximum absolute atomic E-state index is 13.3. The molecule has 1 heterocycles. The topological polar surface area (TPSA) is 58.7 Å². The number of hydrogen-bond donors (Lipinski definition) is 2. The van der Waals surface area contributed by atoms with E-state index >= 15 is 0 Å². The number of anilines is 1. The number of nitrogens with two attached hydrogens (primary N) is 1. The zero-order valence-electron chi connectivity index (χ0n) is 10.7. The van der Waals surface area contributed by atoms with Crippen molar-refractivity contribution in [2.24, 2.45) is 5.73 Å². The molecule has 19 heavy (non-hydrogen) atoms. The Labute approximate surface area is 117 Å². The summed E-state index contributed by atoms with van der Waals surface area (Å²) in [6.07, 6.45) is -0.250. The van der Waals surface area contributed by atoms with Crippen LogP contribution in [0.2, 0.25) is 0 Å². The quantitative estimate of drug-likeness (QED) is 0.812. The molecule has 1 aromatic rings. The zero-order chi connectivity index (χ0) is 14.0. The number of rotatable bonds is 3. The van der Waals surface area contributed by atoms with E-state index in [9.17, 15) is 9.50 Å². The van der Waals surface area contributed by atoms with Crippen LogP contribution in [-0.4, -0.2) is 42.0 Å². The Kier molecular flexibility index (Phi) is 4.34. The molecule has 2 unspecified atom stereocenters. The first-order chi connectivity index (χ1) is 9.02. The molecule has 3 N–H and O–H groups in total. The summed E-state index contributed by atoms with van der Waals surface area (Å²) in [5.41, 5.74) is 6.96. The molecule has 2 rings (SSSR count). The minimum absolute atomic E-state index is 0.0488. The Bertz CT molecular complexity index is 484. The molecule has 0 aromatic heterocycles. The van der Waals surface area contributed by atoms with Crippen molar-refractivity contribution in [3.8, 4) is 0 Å². The predicted molar refractivity (Wildman–Crippen MR) is 75.9 cm³/mol. The third kappa shape index (κ3) is 3.02. The minimum atomic E-state index is -0.369. The first-order valence-electron chi connectivity index (χ1n) is 6.11. The van der Waals surface area contributed by atoms with E-state index < -0.39 is 0 Å². The van der Waals surface area contributed by atoms with Gasteiger partial charge in [0.05, 0.1) is 19.3 Å². The first-order valence-corrected chi connectivity index (χ1v) is 6.52. The van der Waals surface area contributed by atoms with Gasteiger partial charge in [-0.25, -0.2) is 4.39 Å². The van der Waals surface area contributed by atoms with Crippen molar-refractivity contribution < 1.29 is 14.2 Å². The van der Waals surface area contributed by atoms with Gasteiger partial charge in [0.15, 0.2) is 0 Å². The molecule has 0 aliphatic carbocycles. The summed E-state index contributed by atoms with van der Waals surface area (Å²) in [5, 5.41) is 9.20. The molecule has 1 aromatic carbocycles. The van der Waals surface area contributed by atoms with Gasteiger partial charge in [0.25, 0.3) is 0 Å². The lowest BCUT2D eigenvalue weighted by molar-refractivity contribution is -0.0103. The standard InChI is InChI=1S/C13H17FN2O2S/c1-8-7-18-10(6-17)5-16(8)12-3-2-9(14)4-11(12)13(15)19/h2-4,8,10,17H,5-7H2,1H3,(H2,15,19). The molecular formula is C13H17FN2O2S. The van der Waals surface area contributed by atoms with Gasteiger partial charge < -0.3 is 20.5 Å². The number of hydrogen-bond acceptors (Lipinski definition) is 4. The monoisotopic (exact) mass is 284 g/mol. The molecule has 1 saturated heterocycles. The molecule has 0 amide bonds. The van der Waals surface area contributed by atoms with Crippen molar-refractivity contribution in [2.45, 2.75) is 19.1 Å². The largest absolute Gasteiger partial charge is 0.394 e. The number of ether oxygens (including phenoxy) is 1. The SMILES string of the molecule is CC1COC(CO)CN1c1ccc(F)cc1C(N)=S. The van der Waals surface area contributed by atoms with Gasteiger partial charge in [-0.2, -0.15) is 0 Å². The van der Waals surface area contributed by atoms with Crippen LogP contribution < -0.4 is 10.6 Å². The molecule has 0 radical (unpaired) electrons. The van der Waals surface area contributed by atoms with Crippen LogP contribution in [0, 0.1) is 5.82 Å². The smallest absolute Gasteiger partial charge is 0.124 e. The van der Waals surface area contributed by atoms with Crippen molar-refractivity contribution >= 4 is 22.9 Å². The number of aliphatic hydroxyl groups is 1. The van der Waals surface area contributed by atoms with E-state index in [0.717, 1.165) is 5.69 Å². The van der Waals surface area contributed by atoms with Crippen molar-refractivity contribution in [3.63, 3.8) is 0 Å². The highest BCUT2D eigenvalue weighted by atomic mass is 32.1. The Hall–Kier alpha value is -1.24. The number of halogens is 1. The van der Waals surface area contributed by atoms with Crippen LogP contribution >= 0.6 is 12.2 Å². The Morgan fingerprint density at radius 2 is 2.37 bits per heavy atom. The highest BCUT2D eigenvalue weighted by Crippen LogP contribution is 2.26. The Morgan fingerprint density at radius 3 is 3.00 bits per heavy atom. The molecule has 1 aliphatic rings. The molecule has 2 atom stereocenters. The Balaban J connectivity index is 2.36. The molecule has 0 spiro atoms. The summed E-state index contributed by atoms with van der Waals surface area (Å²) in [5.74, 6) is -0.369. The normalized spacial score (nSPS) is 23.4. The highest BCUT2D eigenvalue weighted by molar-refractivity contribution is 7.80.